The summed E-state index contributed by atoms with van der Waals surface area (Å²) < 4.78 is 4.96. The summed E-state index contributed by atoms with van der Waals surface area (Å²) in [6, 6.07) is -0.562. The molecule has 0 aromatic heterocycles. The first-order valence-electron chi connectivity index (χ1n) is 8.03. The quantitative estimate of drug-likeness (QED) is 0.760. The van der Waals surface area contributed by atoms with E-state index >= 15 is 0 Å². The number of nitrogens with one attached hydrogen (secondary N) is 1. The predicted octanol–water partition coefficient (Wildman–Crippen LogP) is 0.828. The van der Waals surface area contributed by atoms with Crippen LogP contribution < -0.4 is 11.1 Å². The van der Waals surface area contributed by atoms with E-state index in [2.05, 4.69) is 10.2 Å². The average Bonchev–Trinajstić information content (AvgIpc) is 2.54. The maximum atomic E-state index is 12.1. The summed E-state index contributed by atoms with van der Waals surface area (Å²) in [5, 5.41) is 3.08. The SMILES string of the molecule is COCC(N)C(=O)NCC1(N2CCSCC2)CCCCC1. The first-order valence-corrected chi connectivity index (χ1v) is 9.18. The molecule has 2 aliphatic rings. The second kappa shape index (κ2) is 8.36. The zero-order valence-electron chi connectivity index (χ0n) is 13.1. The average molecular weight is 315 g/mol. The lowest BCUT2D eigenvalue weighted by Crippen LogP contribution is -2.60. The number of methoxy groups -OCH3 is 1. The summed E-state index contributed by atoms with van der Waals surface area (Å²) in [6.45, 7) is 3.29. The molecule has 6 heteroatoms. The number of carbonyl (C=O) groups is 1. The van der Waals surface area contributed by atoms with Crippen molar-refractivity contribution in [1.29, 1.82) is 0 Å². The van der Waals surface area contributed by atoms with Crippen molar-refractivity contribution in [2.24, 2.45) is 5.73 Å². The van der Waals surface area contributed by atoms with E-state index in [4.69, 9.17) is 10.5 Å². The summed E-state index contributed by atoms with van der Waals surface area (Å²) in [4.78, 5) is 14.7. The largest absolute Gasteiger partial charge is 0.383 e. The number of hydrogen-bond donors (Lipinski definition) is 2. The molecule has 1 amide bonds. The Labute approximate surface area is 132 Å². The Kier molecular flexibility index (Phi) is 6.79. The van der Waals surface area contributed by atoms with Crippen molar-refractivity contribution in [3.63, 3.8) is 0 Å². The normalized spacial score (nSPS) is 24.5. The molecule has 1 aliphatic carbocycles. The van der Waals surface area contributed by atoms with Crippen molar-refractivity contribution in [3.8, 4) is 0 Å². The molecule has 0 aromatic rings. The van der Waals surface area contributed by atoms with Gasteiger partial charge < -0.3 is 15.8 Å². The number of ether oxygens (including phenoxy) is 1. The van der Waals surface area contributed by atoms with Crippen molar-refractivity contribution in [2.45, 2.75) is 43.7 Å². The van der Waals surface area contributed by atoms with Gasteiger partial charge in [-0.25, -0.2) is 0 Å². The van der Waals surface area contributed by atoms with Gasteiger partial charge in [0.15, 0.2) is 0 Å². The molecule has 3 N–H and O–H groups in total. The predicted molar refractivity (Wildman–Crippen MR) is 87.6 cm³/mol. The Morgan fingerprint density at radius 3 is 2.62 bits per heavy atom. The summed E-state index contributed by atoms with van der Waals surface area (Å²) >= 11 is 2.03. The van der Waals surface area contributed by atoms with Crippen LogP contribution in [0.3, 0.4) is 0 Å². The molecule has 122 valence electrons. The molecule has 1 heterocycles. The van der Waals surface area contributed by atoms with Crippen LogP contribution in [0.4, 0.5) is 0 Å². The molecule has 1 saturated heterocycles. The first kappa shape index (κ1) is 17.1. The number of nitrogens with zero attached hydrogens (tertiary/aromatic N) is 1. The van der Waals surface area contributed by atoms with E-state index < -0.39 is 6.04 Å². The molecule has 1 saturated carbocycles. The minimum absolute atomic E-state index is 0.0896. The van der Waals surface area contributed by atoms with Gasteiger partial charge in [-0.05, 0) is 12.8 Å². The van der Waals surface area contributed by atoms with E-state index in [1.165, 1.54) is 43.6 Å². The Hall–Kier alpha value is -0.300. The molecule has 0 bridgehead atoms. The highest BCUT2D eigenvalue weighted by molar-refractivity contribution is 7.99. The third kappa shape index (κ3) is 4.58. The van der Waals surface area contributed by atoms with Crippen molar-refractivity contribution in [1.82, 2.24) is 10.2 Å². The number of rotatable bonds is 6. The van der Waals surface area contributed by atoms with Crippen LogP contribution in [0.2, 0.25) is 0 Å². The molecule has 21 heavy (non-hydrogen) atoms. The highest BCUT2D eigenvalue weighted by Crippen LogP contribution is 2.34. The lowest BCUT2D eigenvalue weighted by molar-refractivity contribution is -0.124. The molecular weight excluding hydrogens is 286 g/mol. The summed E-state index contributed by atoms with van der Waals surface area (Å²) in [5.41, 5.74) is 5.97. The topological polar surface area (TPSA) is 67.6 Å². The molecule has 5 nitrogen and oxygen atoms in total. The zero-order chi connectivity index (χ0) is 15.1. The van der Waals surface area contributed by atoms with E-state index in [1.54, 1.807) is 7.11 Å². The lowest BCUT2D eigenvalue weighted by Gasteiger charge is -2.48. The minimum Gasteiger partial charge on any atom is -0.383 e. The Bertz CT molecular complexity index is 329. The van der Waals surface area contributed by atoms with Crippen LogP contribution in [-0.4, -0.2) is 67.2 Å². The van der Waals surface area contributed by atoms with E-state index in [0.717, 1.165) is 19.6 Å². The van der Waals surface area contributed by atoms with E-state index in [1.807, 2.05) is 11.8 Å². The third-order valence-corrected chi connectivity index (χ3v) is 5.68. The fourth-order valence-corrected chi connectivity index (χ4v) is 4.39. The van der Waals surface area contributed by atoms with Gasteiger partial charge in [0.1, 0.15) is 6.04 Å². The maximum Gasteiger partial charge on any atom is 0.239 e. The Morgan fingerprint density at radius 1 is 1.33 bits per heavy atom. The van der Waals surface area contributed by atoms with Gasteiger partial charge in [-0.1, -0.05) is 19.3 Å². The second-order valence-electron chi connectivity index (χ2n) is 6.16. The number of thioether (sulfide) groups is 1. The summed E-state index contributed by atoms with van der Waals surface area (Å²) in [5.74, 6) is 2.32. The van der Waals surface area contributed by atoms with Crippen LogP contribution in [0.15, 0.2) is 0 Å². The monoisotopic (exact) mass is 315 g/mol. The molecule has 1 unspecified atom stereocenters. The van der Waals surface area contributed by atoms with Gasteiger partial charge in [-0.15, -0.1) is 0 Å². The van der Waals surface area contributed by atoms with E-state index in [0.29, 0.717) is 0 Å². The smallest absolute Gasteiger partial charge is 0.239 e. The van der Waals surface area contributed by atoms with Crippen LogP contribution in [0, 0.1) is 0 Å². The van der Waals surface area contributed by atoms with Crippen LogP contribution in [0.5, 0.6) is 0 Å². The van der Waals surface area contributed by atoms with Gasteiger partial charge in [0, 0.05) is 43.8 Å². The van der Waals surface area contributed by atoms with Crippen LogP contribution in [0.1, 0.15) is 32.1 Å². The molecule has 0 spiro atoms. The van der Waals surface area contributed by atoms with Crippen LogP contribution in [-0.2, 0) is 9.53 Å². The van der Waals surface area contributed by atoms with Gasteiger partial charge >= 0.3 is 0 Å². The Morgan fingerprint density at radius 2 is 2.00 bits per heavy atom. The molecule has 0 radical (unpaired) electrons. The highest BCUT2D eigenvalue weighted by Gasteiger charge is 2.38. The van der Waals surface area contributed by atoms with Gasteiger partial charge in [-0.3, -0.25) is 9.69 Å². The zero-order valence-corrected chi connectivity index (χ0v) is 13.9. The van der Waals surface area contributed by atoms with Crippen molar-refractivity contribution in [3.05, 3.63) is 0 Å². The van der Waals surface area contributed by atoms with E-state index in [9.17, 15) is 4.79 Å². The van der Waals surface area contributed by atoms with Crippen LogP contribution >= 0.6 is 11.8 Å². The highest BCUT2D eigenvalue weighted by atomic mass is 32.2. The van der Waals surface area contributed by atoms with Gasteiger partial charge in [-0.2, -0.15) is 11.8 Å². The molecule has 1 aliphatic heterocycles. The molecule has 1 atom stereocenters. The number of nitrogens with two attached hydrogens (primary N) is 1. The van der Waals surface area contributed by atoms with E-state index in [-0.39, 0.29) is 18.1 Å². The van der Waals surface area contributed by atoms with Gasteiger partial charge in [0.2, 0.25) is 5.91 Å². The summed E-state index contributed by atoms with van der Waals surface area (Å²) in [6.07, 6.45) is 6.24. The van der Waals surface area contributed by atoms with Crippen molar-refractivity contribution < 1.29 is 9.53 Å². The minimum atomic E-state index is -0.562. The third-order valence-electron chi connectivity index (χ3n) is 4.74. The van der Waals surface area contributed by atoms with Crippen LogP contribution in [0.25, 0.3) is 0 Å². The number of carbonyl (C=O) groups excluding carboxylic acids is 1. The molecule has 0 aromatic carbocycles. The summed E-state index contributed by atoms with van der Waals surface area (Å²) in [7, 11) is 1.57. The van der Waals surface area contributed by atoms with Crippen molar-refractivity contribution in [2.75, 3.05) is 44.9 Å². The van der Waals surface area contributed by atoms with Gasteiger partial charge in [0.25, 0.3) is 0 Å². The fraction of sp³-hybridized carbons (Fsp3) is 0.933. The first-order chi connectivity index (χ1) is 10.2. The fourth-order valence-electron chi connectivity index (χ4n) is 3.49. The maximum absolute atomic E-state index is 12.1. The Balaban J connectivity index is 1.94. The molecule has 2 fully saturated rings. The lowest BCUT2D eigenvalue weighted by atomic mass is 9.80. The number of amides is 1. The number of hydrogen-bond acceptors (Lipinski definition) is 5. The van der Waals surface area contributed by atoms with Crippen molar-refractivity contribution >= 4 is 17.7 Å². The standard InChI is InChI=1S/C15H29N3O2S/c1-20-11-13(16)14(19)17-12-15(5-3-2-4-6-15)18-7-9-21-10-8-18/h13H,2-12,16H2,1H3,(H,17,19). The molecular formula is C15H29N3O2S. The van der Waals surface area contributed by atoms with Gasteiger partial charge in [0.05, 0.1) is 6.61 Å². The second-order valence-corrected chi connectivity index (χ2v) is 7.39. The molecule has 2 rings (SSSR count).